The van der Waals surface area contributed by atoms with Crippen molar-refractivity contribution in [2.24, 2.45) is 5.10 Å². The summed E-state index contributed by atoms with van der Waals surface area (Å²) in [5.74, 6) is -1.72. The average Bonchev–Trinajstić information content (AvgIpc) is 2.55. The zero-order valence-electron chi connectivity index (χ0n) is 11.6. The van der Waals surface area contributed by atoms with E-state index in [0.717, 1.165) is 0 Å². The quantitative estimate of drug-likeness (QED) is 0.297. The Kier molecular flexibility index (Phi) is 4.72. The highest BCUT2D eigenvalue weighted by Crippen LogP contribution is 2.15. The number of carbonyl (C=O) groups excluding carboxylic acids is 1. The number of ketones is 1. The summed E-state index contributed by atoms with van der Waals surface area (Å²) in [5, 5.41) is 25.0. The highest BCUT2D eigenvalue weighted by molar-refractivity contribution is 6.42. The second kappa shape index (κ2) is 6.89. The van der Waals surface area contributed by atoms with Gasteiger partial charge in [-0.15, -0.1) is 0 Å². The molecule has 0 radical (unpaired) electrons. The van der Waals surface area contributed by atoms with Crippen LogP contribution in [0.3, 0.4) is 0 Å². The second-order valence-corrected chi connectivity index (χ2v) is 4.30. The molecule has 0 heterocycles. The number of nitrogens with zero attached hydrogens (tertiary/aromatic N) is 3. The van der Waals surface area contributed by atoms with E-state index < -0.39 is 21.5 Å². The van der Waals surface area contributed by atoms with Crippen LogP contribution in [0.1, 0.15) is 10.4 Å². The maximum atomic E-state index is 12.0. The molecule has 0 saturated heterocycles. The normalized spacial score (nSPS) is 10.9. The maximum absolute atomic E-state index is 12.0. The molecule has 23 heavy (non-hydrogen) atoms. The molecule has 0 aliphatic carbocycles. The van der Waals surface area contributed by atoms with Crippen LogP contribution >= 0.6 is 0 Å². The fourth-order valence-corrected chi connectivity index (χ4v) is 1.67. The first kappa shape index (κ1) is 15.8. The number of anilines is 1. The van der Waals surface area contributed by atoms with Crippen LogP contribution in [0, 0.1) is 20.2 Å². The van der Waals surface area contributed by atoms with Gasteiger partial charge in [-0.3, -0.25) is 14.9 Å². The Bertz CT molecular complexity index is 772. The lowest BCUT2D eigenvalue weighted by Crippen LogP contribution is -2.24. The summed E-state index contributed by atoms with van der Waals surface area (Å²) in [5.41, 5.74) is 2.62. The van der Waals surface area contributed by atoms with Crippen molar-refractivity contribution in [2.45, 2.75) is 0 Å². The van der Waals surface area contributed by atoms with E-state index in [1.807, 2.05) is 0 Å². The Balaban J connectivity index is 2.21. The molecule has 0 aliphatic rings. The number of Topliss-reactive ketones (excluding diaryl/α,β-unsaturated/α-hetero) is 1. The Labute approximate surface area is 129 Å². The van der Waals surface area contributed by atoms with E-state index in [9.17, 15) is 25.0 Å². The van der Waals surface area contributed by atoms with E-state index >= 15 is 0 Å². The van der Waals surface area contributed by atoms with Gasteiger partial charge >= 0.3 is 5.84 Å². The van der Waals surface area contributed by atoms with Crippen molar-refractivity contribution >= 4 is 23.0 Å². The first-order chi connectivity index (χ1) is 11.0. The van der Waals surface area contributed by atoms with Crippen molar-refractivity contribution in [2.75, 3.05) is 5.43 Å². The number of carbonyl (C=O) groups is 1. The molecular formula is C14H10N4O5. The van der Waals surface area contributed by atoms with Crippen molar-refractivity contribution in [3.05, 3.63) is 80.4 Å². The Hall–Kier alpha value is -3.62. The summed E-state index contributed by atoms with van der Waals surface area (Å²) in [7, 11) is 0. The van der Waals surface area contributed by atoms with Crippen LogP contribution in [0.5, 0.6) is 0 Å². The number of nitro benzene ring substituents is 1. The van der Waals surface area contributed by atoms with E-state index in [4.69, 9.17) is 0 Å². The van der Waals surface area contributed by atoms with Gasteiger partial charge in [0, 0.05) is 17.7 Å². The third-order valence-corrected chi connectivity index (χ3v) is 2.78. The van der Waals surface area contributed by atoms with Gasteiger partial charge in [0.25, 0.3) is 11.5 Å². The summed E-state index contributed by atoms with van der Waals surface area (Å²) >= 11 is 0. The van der Waals surface area contributed by atoms with Crippen LogP contribution in [-0.2, 0) is 0 Å². The Morgan fingerprint density at radius 3 is 2.09 bits per heavy atom. The number of rotatable bonds is 5. The molecule has 0 amide bonds. The minimum Gasteiger partial charge on any atom is -0.358 e. The highest BCUT2D eigenvalue weighted by Gasteiger charge is 2.25. The van der Waals surface area contributed by atoms with Gasteiger partial charge in [-0.2, -0.15) is 5.43 Å². The van der Waals surface area contributed by atoms with Crippen LogP contribution in [0.2, 0.25) is 0 Å². The molecule has 116 valence electrons. The third kappa shape index (κ3) is 3.94. The molecule has 0 atom stereocenters. The second-order valence-electron chi connectivity index (χ2n) is 4.30. The summed E-state index contributed by atoms with van der Waals surface area (Å²) in [6.07, 6.45) is 0. The van der Waals surface area contributed by atoms with Crippen molar-refractivity contribution in [1.82, 2.24) is 0 Å². The van der Waals surface area contributed by atoms with Crippen molar-refractivity contribution in [3.8, 4) is 0 Å². The first-order valence-electron chi connectivity index (χ1n) is 6.31. The molecule has 0 spiro atoms. The fraction of sp³-hybridized carbons (Fsp3) is 0. The molecule has 0 fully saturated rings. The number of nitro groups is 2. The SMILES string of the molecule is O=C(/C(=N/Nc1ccc([N+](=O)[O-])cc1)[N+](=O)[O-])c1ccccc1. The Morgan fingerprint density at radius 1 is 0.957 bits per heavy atom. The van der Waals surface area contributed by atoms with Gasteiger partial charge < -0.3 is 10.1 Å². The minimum absolute atomic E-state index is 0.130. The van der Waals surface area contributed by atoms with Crippen LogP contribution in [-0.4, -0.2) is 21.5 Å². The molecule has 2 aromatic carbocycles. The van der Waals surface area contributed by atoms with Crippen molar-refractivity contribution < 1.29 is 14.6 Å². The third-order valence-electron chi connectivity index (χ3n) is 2.78. The molecule has 2 rings (SSSR count). The number of hydrogen-bond acceptors (Lipinski definition) is 7. The van der Waals surface area contributed by atoms with E-state index in [1.165, 1.54) is 36.4 Å². The number of hydrazone groups is 1. The van der Waals surface area contributed by atoms with Gasteiger partial charge in [-0.25, -0.2) is 0 Å². The van der Waals surface area contributed by atoms with Crippen LogP contribution in [0.25, 0.3) is 0 Å². The molecule has 0 bridgehead atoms. The Morgan fingerprint density at radius 2 is 1.57 bits per heavy atom. The maximum Gasteiger partial charge on any atom is 0.436 e. The topological polar surface area (TPSA) is 128 Å². The van der Waals surface area contributed by atoms with Crippen molar-refractivity contribution in [3.63, 3.8) is 0 Å². The van der Waals surface area contributed by atoms with Crippen molar-refractivity contribution in [1.29, 1.82) is 0 Å². The minimum atomic E-state index is -0.895. The van der Waals surface area contributed by atoms with Crippen LogP contribution in [0.15, 0.2) is 59.7 Å². The summed E-state index contributed by atoms with van der Waals surface area (Å²) in [6, 6.07) is 12.8. The van der Waals surface area contributed by atoms with E-state index in [-0.39, 0.29) is 16.9 Å². The fourth-order valence-electron chi connectivity index (χ4n) is 1.67. The predicted molar refractivity (Wildman–Crippen MR) is 81.9 cm³/mol. The van der Waals surface area contributed by atoms with Gasteiger partial charge in [-0.1, -0.05) is 30.3 Å². The first-order valence-corrected chi connectivity index (χ1v) is 6.31. The van der Waals surface area contributed by atoms with E-state index in [2.05, 4.69) is 10.5 Å². The number of amidine groups is 1. The number of benzene rings is 2. The van der Waals surface area contributed by atoms with Gasteiger partial charge in [0.05, 0.1) is 15.7 Å². The lowest BCUT2D eigenvalue weighted by molar-refractivity contribution is -0.384. The zero-order chi connectivity index (χ0) is 16.8. The smallest absolute Gasteiger partial charge is 0.358 e. The molecule has 0 aromatic heterocycles. The van der Waals surface area contributed by atoms with E-state index in [0.29, 0.717) is 0 Å². The lowest BCUT2D eigenvalue weighted by Gasteiger charge is -1.99. The summed E-state index contributed by atoms with van der Waals surface area (Å²) in [4.78, 5) is 32.1. The monoisotopic (exact) mass is 314 g/mol. The molecule has 9 nitrogen and oxygen atoms in total. The number of non-ortho nitro benzene ring substituents is 1. The predicted octanol–water partition coefficient (Wildman–Crippen LogP) is 2.48. The standard InChI is InChI=1S/C14H10N4O5/c19-13(10-4-2-1-3-5-10)14(18(22)23)16-15-11-6-8-12(9-7-11)17(20)21/h1-9,15H/b16-14-. The molecular weight excluding hydrogens is 304 g/mol. The molecule has 0 unspecified atom stereocenters. The number of hydrogen-bond donors (Lipinski definition) is 1. The van der Waals surface area contributed by atoms with Crippen LogP contribution in [0.4, 0.5) is 11.4 Å². The largest absolute Gasteiger partial charge is 0.436 e. The molecule has 0 saturated carbocycles. The van der Waals surface area contributed by atoms with Gasteiger partial charge in [0.15, 0.2) is 0 Å². The summed E-state index contributed by atoms with van der Waals surface area (Å²) in [6.45, 7) is 0. The number of nitrogens with one attached hydrogen (secondary N) is 1. The van der Waals surface area contributed by atoms with Crippen LogP contribution < -0.4 is 5.43 Å². The zero-order valence-corrected chi connectivity index (χ0v) is 11.6. The summed E-state index contributed by atoms with van der Waals surface area (Å²) < 4.78 is 0. The average molecular weight is 314 g/mol. The van der Waals surface area contributed by atoms with Gasteiger partial charge in [0.2, 0.25) is 0 Å². The molecule has 2 aromatic rings. The highest BCUT2D eigenvalue weighted by atomic mass is 16.6. The lowest BCUT2D eigenvalue weighted by atomic mass is 10.1. The molecule has 1 N–H and O–H groups in total. The van der Waals surface area contributed by atoms with E-state index in [1.54, 1.807) is 18.2 Å². The van der Waals surface area contributed by atoms with Gasteiger partial charge in [0.1, 0.15) is 0 Å². The van der Waals surface area contributed by atoms with Gasteiger partial charge in [-0.05, 0) is 17.1 Å². The molecule has 0 aliphatic heterocycles. The molecule has 9 heteroatoms.